The molecule has 2 fully saturated rings. The summed E-state index contributed by atoms with van der Waals surface area (Å²) in [6, 6.07) is 5.85. The number of hydrogen-bond acceptors (Lipinski definition) is 3. The summed E-state index contributed by atoms with van der Waals surface area (Å²) in [4.78, 5) is 12.7. The molecule has 1 aromatic rings. The molecular formula is C16H19BrO3. The molecular weight excluding hydrogens is 320 g/mol. The number of hydrogen-bond donors (Lipinski definition) is 0. The number of carbonyl (C=O) groups excluding carboxylic acids is 1. The van der Waals surface area contributed by atoms with Crippen molar-refractivity contribution in [1.82, 2.24) is 0 Å². The molecule has 0 amide bonds. The van der Waals surface area contributed by atoms with E-state index in [0.29, 0.717) is 13.2 Å². The van der Waals surface area contributed by atoms with Crippen LogP contribution in [0, 0.1) is 12.8 Å². The molecule has 3 rings (SSSR count). The quantitative estimate of drug-likeness (QED) is 0.774. The molecule has 2 atom stereocenters. The maximum absolute atomic E-state index is 12.7. The molecule has 0 aliphatic carbocycles. The average molecular weight is 339 g/mol. The average Bonchev–Trinajstić information content (AvgIpc) is 2.89. The van der Waals surface area contributed by atoms with Gasteiger partial charge >= 0.3 is 0 Å². The van der Waals surface area contributed by atoms with Crippen LogP contribution in [0.2, 0.25) is 0 Å². The highest BCUT2D eigenvalue weighted by atomic mass is 79.9. The van der Waals surface area contributed by atoms with E-state index in [1.807, 2.05) is 25.1 Å². The zero-order valence-electron chi connectivity index (χ0n) is 11.7. The first-order valence-corrected chi connectivity index (χ1v) is 7.91. The van der Waals surface area contributed by atoms with E-state index in [1.165, 1.54) is 0 Å². The summed E-state index contributed by atoms with van der Waals surface area (Å²) in [5, 5.41) is 0. The minimum Gasteiger partial charge on any atom is -0.378 e. The summed E-state index contributed by atoms with van der Waals surface area (Å²) in [5.41, 5.74) is 1.73. The minimum absolute atomic E-state index is 0.0556. The summed E-state index contributed by atoms with van der Waals surface area (Å²) >= 11 is 3.50. The highest BCUT2D eigenvalue weighted by Gasteiger charge is 2.43. The Bertz CT molecular complexity index is 520. The number of rotatable bonds is 2. The van der Waals surface area contributed by atoms with Crippen molar-refractivity contribution >= 4 is 21.7 Å². The van der Waals surface area contributed by atoms with Gasteiger partial charge in [0, 0.05) is 35.6 Å². The number of carbonyl (C=O) groups is 1. The Morgan fingerprint density at radius 1 is 1.40 bits per heavy atom. The topological polar surface area (TPSA) is 35.5 Å². The van der Waals surface area contributed by atoms with Crippen molar-refractivity contribution in [2.24, 2.45) is 5.92 Å². The molecule has 2 heterocycles. The Kier molecular flexibility index (Phi) is 3.98. The summed E-state index contributed by atoms with van der Waals surface area (Å²) in [6.07, 6.45) is 2.51. The van der Waals surface area contributed by atoms with Crippen LogP contribution in [-0.4, -0.2) is 31.2 Å². The minimum atomic E-state index is -0.208. The molecule has 1 aromatic carbocycles. The van der Waals surface area contributed by atoms with Crippen LogP contribution < -0.4 is 0 Å². The maximum atomic E-state index is 12.7. The SMILES string of the molecule is Cc1ccc(C(=O)C2CCOC3(CCOC3)C2)cc1Br. The second kappa shape index (κ2) is 5.58. The fourth-order valence-corrected chi connectivity index (χ4v) is 3.48. The fourth-order valence-electron chi connectivity index (χ4n) is 3.10. The van der Waals surface area contributed by atoms with Gasteiger partial charge in [-0.3, -0.25) is 4.79 Å². The molecule has 108 valence electrons. The molecule has 2 aliphatic heterocycles. The molecule has 2 saturated heterocycles. The van der Waals surface area contributed by atoms with Crippen molar-refractivity contribution in [3.63, 3.8) is 0 Å². The van der Waals surface area contributed by atoms with Crippen LogP contribution in [0.5, 0.6) is 0 Å². The van der Waals surface area contributed by atoms with Crippen molar-refractivity contribution in [2.45, 2.75) is 31.8 Å². The highest BCUT2D eigenvalue weighted by molar-refractivity contribution is 9.10. The summed E-state index contributed by atoms with van der Waals surface area (Å²) in [6.45, 7) is 4.07. The summed E-state index contributed by atoms with van der Waals surface area (Å²) in [5.74, 6) is 0.292. The second-order valence-electron chi connectivity index (χ2n) is 5.85. The first-order valence-electron chi connectivity index (χ1n) is 7.12. The number of aryl methyl sites for hydroxylation is 1. The van der Waals surface area contributed by atoms with Gasteiger partial charge in [-0.25, -0.2) is 0 Å². The van der Waals surface area contributed by atoms with E-state index in [0.717, 1.165) is 41.5 Å². The van der Waals surface area contributed by atoms with Crippen LogP contribution >= 0.6 is 15.9 Å². The lowest BCUT2D eigenvalue weighted by Crippen LogP contribution is -2.42. The molecule has 4 heteroatoms. The Hall–Kier alpha value is -0.710. The number of benzene rings is 1. The predicted octanol–water partition coefficient (Wildman–Crippen LogP) is 3.53. The maximum Gasteiger partial charge on any atom is 0.166 e. The van der Waals surface area contributed by atoms with E-state index < -0.39 is 0 Å². The van der Waals surface area contributed by atoms with Gasteiger partial charge in [-0.15, -0.1) is 0 Å². The van der Waals surface area contributed by atoms with Crippen molar-refractivity contribution in [2.75, 3.05) is 19.8 Å². The molecule has 2 unspecified atom stereocenters. The molecule has 0 aromatic heterocycles. The zero-order chi connectivity index (χ0) is 14.2. The van der Waals surface area contributed by atoms with Crippen LogP contribution in [0.15, 0.2) is 22.7 Å². The van der Waals surface area contributed by atoms with E-state index in [4.69, 9.17) is 9.47 Å². The number of Topliss-reactive ketones (excluding diaryl/α,β-unsaturated/α-hetero) is 1. The molecule has 1 spiro atoms. The van der Waals surface area contributed by atoms with Crippen molar-refractivity contribution < 1.29 is 14.3 Å². The first kappa shape index (κ1) is 14.2. The Morgan fingerprint density at radius 2 is 2.25 bits per heavy atom. The van der Waals surface area contributed by atoms with E-state index in [2.05, 4.69) is 15.9 Å². The van der Waals surface area contributed by atoms with Gasteiger partial charge in [0.1, 0.15) is 0 Å². The van der Waals surface area contributed by atoms with Crippen molar-refractivity contribution in [1.29, 1.82) is 0 Å². The third kappa shape index (κ3) is 2.69. The van der Waals surface area contributed by atoms with Crippen LogP contribution in [0.1, 0.15) is 35.2 Å². The number of halogens is 1. The van der Waals surface area contributed by atoms with Crippen LogP contribution in [0.4, 0.5) is 0 Å². The second-order valence-corrected chi connectivity index (χ2v) is 6.71. The molecule has 0 N–H and O–H groups in total. The van der Waals surface area contributed by atoms with E-state index >= 15 is 0 Å². The van der Waals surface area contributed by atoms with Gasteiger partial charge in [0.2, 0.25) is 0 Å². The van der Waals surface area contributed by atoms with Gasteiger partial charge < -0.3 is 9.47 Å². The van der Waals surface area contributed by atoms with Gasteiger partial charge in [-0.05, 0) is 31.4 Å². The zero-order valence-corrected chi connectivity index (χ0v) is 13.2. The standard InChI is InChI=1S/C16H19BrO3/c1-11-2-3-12(8-14(11)17)15(18)13-4-6-20-16(9-13)5-7-19-10-16/h2-3,8,13H,4-7,9-10H2,1H3. The normalized spacial score (nSPS) is 29.8. The monoisotopic (exact) mass is 338 g/mol. The molecule has 2 aliphatic rings. The van der Waals surface area contributed by atoms with Crippen LogP contribution in [0.25, 0.3) is 0 Å². The molecule has 20 heavy (non-hydrogen) atoms. The number of ether oxygens (including phenoxy) is 2. The highest BCUT2D eigenvalue weighted by Crippen LogP contribution is 2.37. The Morgan fingerprint density at radius 3 is 2.95 bits per heavy atom. The predicted molar refractivity (Wildman–Crippen MR) is 80.1 cm³/mol. The molecule has 0 bridgehead atoms. The molecule has 3 nitrogen and oxygen atoms in total. The van der Waals surface area contributed by atoms with E-state index in [1.54, 1.807) is 0 Å². The number of ketones is 1. The van der Waals surface area contributed by atoms with Gasteiger partial charge in [0.15, 0.2) is 5.78 Å². The lowest BCUT2D eigenvalue weighted by Gasteiger charge is -2.36. The van der Waals surface area contributed by atoms with Gasteiger partial charge in [-0.2, -0.15) is 0 Å². The van der Waals surface area contributed by atoms with Gasteiger partial charge in [0.05, 0.1) is 12.2 Å². The first-order chi connectivity index (χ1) is 9.60. The Labute approximate surface area is 127 Å². The largest absolute Gasteiger partial charge is 0.378 e. The van der Waals surface area contributed by atoms with E-state index in [9.17, 15) is 4.79 Å². The molecule has 0 saturated carbocycles. The van der Waals surface area contributed by atoms with Crippen LogP contribution in [0.3, 0.4) is 0 Å². The Balaban J connectivity index is 1.77. The summed E-state index contributed by atoms with van der Waals surface area (Å²) < 4.78 is 12.4. The van der Waals surface area contributed by atoms with Crippen LogP contribution in [-0.2, 0) is 9.47 Å². The third-order valence-corrected chi connectivity index (χ3v) is 5.24. The van der Waals surface area contributed by atoms with E-state index in [-0.39, 0.29) is 17.3 Å². The lowest BCUT2D eigenvalue weighted by molar-refractivity contribution is -0.0920. The van der Waals surface area contributed by atoms with Crippen molar-refractivity contribution in [3.8, 4) is 0 Å². The fraction of sp³-hybridized carbons (Fsp3) is 0.562. The lowest BCUT2D eigenvalue weighted by atomic mass is 9.81. The molecule has 0 radical (unpaired) electrons. The summed E-state index contributed by atoms with van der Waals surface area (Å²) in [7, 11) is 0. The smallest absolute Gasteiger partial charge is 0.166 e. The van der Waals surface area contributed by atoms with Crippen molar-refractivity contribution in [3.05, 3.63) is 33.8 Å². The third-order valence-electron chi connectivity index (χ3n) is 4.39. The van der Waals surface area contributed by atoms with Gasteiger partial charge in [0.25, 0.3) is 0 Å². The van der Waals surface area contributed by atoms with Gasteiger partial charge in [-0.1, -0.05) is 28.1 Å².